The highest BCUT2D eigenvalue weighted by atomic mass is 16.6. The van der Waals surface area contributed by atoms with E-state index in [0.29, 0.717) is 23.0 Å². The van der Waals surface area contributed by atoms with Crippen LogP contribution in [0, 0.1) is 0 Å². The maximum atomic E-state index is 11.5. The number of methoxy groups -OCH3 is 2. The summed E-state index contributed by atoms with van der Waals surface area (Å²) in [5.74, 6) is 1.19. The molecule has 0 fully saturated rings. The molecule has 2 bridgehead atoms. The summed E-state index contributed by atoms with van der Waals surface area (Å²) in [6.45, 7) is 2.76. The fourth-order valence-electron chi connectivity index (χ4n) is 4.58. The number of rotatable bonds is 4. The number of carbonyl (C=O) groups excluding carboxylic acids is 2. The molecule has 2 atom stereocenters. The zero-order valence-electron chi connectivity index (χ0n) is 17.8. The van der Waals surface area contributed by atoms with Gasteiger partial charge in [0.1, 0.15) is 0 Å². The number of likely N-dealkylation sites (N-methyl/N-ethyl adjacent to an activating group) is 1. The van der Waals surface area contributed by atoms with E-state index in [2.05, 4.69) is 11.9 Å². The van der Waals surface area contributed by atoms with Gasteiger partial charge in [0.05, 0.1) is 14.2 Å². The summed E-state index contributed by atoms with van der Waals surface area (Å²) >= 11 is 0. The van der Waals surface area contributed by atoms with Gasteiger partial charge in [-0.25, -0.2) is 0 Å². The zero-order chi connectivity index (χ0) is 21.6. The summed E-state index contributed by atoms with van der Waals surface area (Å²) in [4.78, 5) is 25.4. The molecule has 0 spiro atoms. The fourth-order valence-corrected chi connectivity index (χ4v) is 4.58. The second-order valence-electron chi connectivity index (χ2n) is 7.70. The first-order chi connectivity index (χ1) is 14.3. The molecule has 7 heteroatoms. The molecule has 0 saturated heterocycles. The van der Waals surface area contributed by atoms with E-state index in [-0.39, 0.29) is 24.0 Å². The van der Waals surface area contributed by atoms with Gasteiger partial charge in [0.2, 0.25) is 0 Å². The number of benzene rings is 2. The van der Waals surface area contributed by atoms with Crippen LogP contribution in [-0.4, -0.2) is 38.1 Å². The van der Waals surface area contributed by atoms with Crippen LogP contribution in [0.15, 0.2) is 24.3 Å². The van der Waals surface area contributed by atoms with Crippen molar-refractivity contribution in [1.82, 2.24) is 4.90 Å². The summed E-state index contributed by atoms with van der Waals surface area (Å²) in [6.07, 6.45) is 1.52. The molecule has 0 aliphatic carbocycles. The minimum atomic E-state index is -0.382. The van der Waals surface area contributed by atoms with Gasteiger partial charge in [0, 0.05) is 25.9 Å². The second kappa shape index (κ2) is 7.65. The topological polar surface area (TPSA) is 74.3 Å². The van der Waals surface area contributed by atoms with Crippen LogP contribution >= 0.6 is 0 Å². The van der Waals surface area contributed by atoms with E-state index in [1.54, 1.807) is 14.2 Å². The van der Waals surface area contributed by atoms with E-state index >= 15 is 0 Å². The SMILES string of the molecule is COc1cc2c(cc1OC(C)=O)C1Cc3cc(OC)c(OC(C)=O)cc3C(C2)N1C. The Morgan fingerprint density at radius 3 is 1.50 bits per heavy atom. The first-order valence-corrected chi connectivity index (χ1v) is 9.82. The monoisotopic (exact) mass is 411 g/mol. The number of nitrogens with zero attached hydrogens (tertiary/aromatic N) is 1. The van der Waals surface area contributed by atoms with Crippen LogP contribution in [0.2, 0.25) is 0 Å². The van der Waals surface area contributed by atoms with E-state index in [0.717, 1.165) is 35.1 Å². The summed E-state index contributed by atoms with van der Waals surface area (Å²) in [5, 5.41) is 0. The lowest BCUT2D eigenvalue weighted by Crippen LogP contribution is -2.40. The van der Waals surface area contributed by atoms with E-state index in [1.165, 1.54) is 13.8 Å². The van der Waals surface area contributed by atoms with Crippen molar-refractivity contribution in [2.24, 2.45) is 0 Å². The molecule has 7 nitrogen and oxygen atoms in total. The molecule has 2 aliphatic rings. The fraction of sp³-hybridized carbons (Fsp3) is 0.391. The zero-order valence-corrected chi connectivity index (χ0v) is 17.8. The largest absolute Gasteiger partial charge is 0.493 e. The average molecular weight is 411 g/mol. The van der Waals surface area contributed by atoms with Crippen molar-refractivity contribution < 1.29 is 28.5 Å². The highest BCUT2D eigenvalue weighted by Gasteiger charge is 2.39. The minimum Gasteiger partial charge on any atom is -0.493 e. The Morgan fingerprint density at radius 1 is 0.767 bits per heavy atom. The van der Waals surface area contributed by atoms with Gasteiger partial charge >= 0.3 is 11.9 Å². The number of hydrogen-bond donors (Lipinski definition) is 0. The molecule has 2 aliphatic heterocycles. The van der Waals surface area contributed by atoms with Crippen molar-refractivity contribution in [1.29, 1.82) is 0 Å². The van der Waals surface area contributed by atoms with Gasteiger partial charge in [0.15, 0.2) is 23.0 Å². The Balaban J connectivity index is 1.80. The van der Waals surface area contributed by atoms with Crippen molar-refractivity contribution in [3.8, 4) is 23.0 Å². The summed E-state index contributed by atoms with van der Waals surface area (Å²) < 4.78 is 21.7. The Hall–Kier alpha value is -3.06. The molecular weight excluding hydrogens is 386 g/mol. The van der Waals surface area contributed by atoms with Crippen LogP contribution in [0.1, 0.15) is 48.2 Å². The van der Waals surface area contributed by atoms with Crippen LogP contribution in [0.4, 0.5) is 0 Å². The first kappa shape index (κ1) is 20.2. The Labute approximate surface area is 175 Å². The Morgan fingerprint density at radius 2 is 1.17 bits per heavy atom. The van der Waals surface area contributed by atoms with E-state index in [4.69, 9.17) is 18.9 Å². The van der Waals surface area contributed by atoms with Gasteiger partial charge in [-0.15, -0.1) is 0 Å². The Bertz CT molecular complexity index is 949. The molecule has 2 heterocycles. The smallest absolute Gasteiger partial charge is 0.308 e. The standard InChI is InChI=1S/C23H25NO6/c1-12(25)29-22-10-16-14(8-20(22)27-4)6-19-17-11-23(30-13(2)26)21(28-5)9-15(17)7-18(16)24(19)3/h8-11,18-19H,6-7H2,1-5H3. The molecule has 0 saturated carbocycles. The summed E-state index contributed by atoms with van der Waals surface area (Å²) in [5.41, 5.74) is 4.57. The number of ether oxygens (including phenoxy) is 4. The average Bonchev–Trinajstić information content (AvgIpc) is 2.68. The predicted molar refractivity (Wildman–Crippen MR) is 109 cm³/mol. The van der Waals surface area contributed by atoms with Gasteiger partial charge in [-0.3, -0.25) is 14.5 Å². The molecule has 0 aromatic heterocycles. The van der Waals surface area contributed by atoms with Crippen molar-refractivity contribution in [3.63, 3.8) is 0 Å². The molecule has 0 radical (unpaired) electrons. The van der Waals surface area contributed by atoms with Crippen molar-refractivity contribution in [3.05, 3.63) is 46.5 Å². The van der Waals surface area contributed by atoms with E-state index in [9.17, 15) is 9.59 Å². The summed E-state index contributed by atoms with van der Waals surface area (Å²) in [6, 6.07) is 8.00. The third kappa shape index (κ3) is 3.39. The quantitative estimate of drug-likeness (QED) is 0.564. The number of hydrogen-bond acceptors (Lipinski definition) is 7. The number of fused-ring (bicyclic) bond motifs is 6. The van der Waals surface area contributed by atoms with E-state index in [1.807, 2.05) is 24.3 Å². The van der Waals surface area contributed by atoms with Gasteiger partial charge in [-0.05, 0) is 66.4 Å². The molecule has 158 valence electrons. The maximum absolute atomic E-state index is 11.5. The molecular formula is C23H25NO6. The van der Waals surface area contributed by atoms with Crippen LogP contribution in [0.5, 0.6) is 23.0 Å². The molecule has 2 unspecified atom stereocenters. The lowest BCUT2D eigenvalue weighted by molar-refractivity contribution is -0.132. The molecule has 4 rings (SSSR count). The lowest BCUT2D eigenvalue weighted by atomic mass is 9.76. The normalized spacial score (nSPS) is 19.4. The molecule has 30 heavy (non-hydrogen) atoms. The van der Waals surface area contributed by atoms with Gasteiger partial charge in [-0.1, -0.05) is 0 Å². The minimum absolute atomic E-state index is 0.121. The molecule has 0 amide bonds. The van der Waals surface area contributed by atoms with Gasteiger partial charge < -0.3 is 18.9 Å². The van der Waals surface area contributed by atoms with Crippen molar-refractivity contribution in [2.75, 3.05) is 21.3 Å². The van der Waals surface area contributed by atoms with Crippen molar-refractivity contribution >= 4 is 11.9 Å². The molecule has 2 aromatic carbocycles. The molecule has 2 aromatic rings. The third-order valence-corrected chi connectivity index (χ3v) is 5.89. The number of carbonyl (C=O) groups is 2. The highest BCUT2D eigenvalue weighted by Crippen LogP contribution is 2.50. The van der Waals surface area contributed by atoms with Crippen LogP contribution in [0.3, 0.4) is 0 Å². The number of esters is 2. The Kier molecular flexibility index (Phi) is 5.15. The third-order valence-electron chi connectivity index (χ3n) is 5.89. The van der Waals surface area contributed by atoms with Crippen LogP contribution in [-0.2, 0) is 22.4 Å². The molecule has 0 N–H and O–H groups in total. The maximum Gasteiger partial charge on any atom is 0.308 e. The summed E-state index contributed by atoms with van der Waals surface area (Å²) in [7, 11) is 5.22. The second-order valence-corrected chi connectivity index (χ2v) is 7.70. The lowest BCUT2D eigenvalue weighted by Gasteiger charge is -2.46. The van der Waals surface area contributed by atoms with Crippen LogP contribution < -0.4 is 18.9 Å². The van der Waals surface area contributed by atoms with Gasteiger partial charge in [0.25, 0.3) is 0 Å². The predicted octanol–water partition coefficient (Wildman–Crippen LogP) is 3.38. The highest BCUT2D eigenvalue weighted by molar-refractivity contribution is 5.72. The van der Waals surface area contributed by atoms with Gasteiger partial charge in [-0.2, -0.15) is 0 Å². The first-order valence-electron chi connectivity index (χ1n) is 9.82. The van der Waals surface area contributed by atoms with Crippen LogP contribution in [0.25, 0.3) is 0 Å². The van der Waals surface area contributed by atoms with E-state index < -0.39 is 0 Å². The van der Waals surface area contributed by atoms with Crippen molar-refractivity contribution in [2.45, 2.75) is 38.8 Å².